The molecule has 8 aromatic rings. The highest BCUT2D eigenvalue weighted by molar-refractivity contribution is 6.11. The second kappa shape index (κ2) is 12.1. The fourth-order valence-electron chi connectivity index (χ4n) is 8.07. The van der Waals surface area contributed by atoms with Crippen LogP contribution in [0.25, 0.3) is 55.3 Å². The van der Waals surface area contributed by atoms with Gasteiger partial charge in [-0.1, -0.05) is 172 Å². The Morgan fingerprint density at radius 1 is 0.380 bits per heavy atom. The molecule has 0 bridgehead atoms. The van der Waals surface area contributed by atoms with Crippen molar-refractivity contribution in [3.05, 3.63) is 199 Å². The number of anilines is 3. The number of rotatable bonds is 6. The van der Waals surface area contributed by atoms with Crippen molar-refractivity contribution in [1.82, 2.24) is 0 Å². The number of hydrogen-bond acceptors (Lipinski definition) is 1. The van der Waals surface area contributed by atoms with Crippen molar-refractivity contribution >= 4 is 27.8 Å². The van der Waals surface area contributed by atoms with Crippen molar-refractivity contribution in [3.63, 3.8) is 0 Å². The van der Waals surface area contributed by atoms with Gasteiger partial charge in [-0.25, -0.2) is 0 Å². The van der Waals surface area contributed by atoms with E-state index in [1.54, 1.807) is 0 Å². The smallest absolute Gasteiger partial charge is 0.0546 e. The van der Waals surface area contributed by atoms with E-state index in [0.29, 0.717) is 0 Å². The molecule has 0 fully saturated rings. The molecule has 0 amide bonds. The minimum atomic E-state index is -0.202. The van der Waals surface area contributed by atoms with Crippen LogP contribution in [-0.4, -0.2) is 0 Å². The summed E-state index contributed by atoms with van der Waals surface area (Å²) in [5.41, 5.74) is 15.9. The van der Waals surface area contributed by atoms with E-state index in [9.17, 15) is 0 Å². The predicted molar refractivity (Wildman–Crippen MR) is 213 cm³/mol. The zero-order valence-corrected chi connectivity index (χ0v) is 28.3. The lowest BCUT2D eigenvalue weighted by Crippen LogP contribution is -2.25. The zero-order valence-electron chi connectivity index (χ0n) is 28.3. The van der Waals surface area contributed by atoms with Crippen LogP contribution < -0.4 is 4.90 Å². The normalized spacial score (nSPS) is 12.8. The highest BCUT2D eigenvalue weighted by atomic mass is 15.1. The Balaban J connectivity index is 1.30. The van der Waals surface area contributed by atoms with Crippen LogP contribution in [0.5, 0.6) is 0 Å². The van der Waals surface area contributed by atoms with E-state index in [1.807, 2.05) is 0 Å². The average molecular weight is 640 g/mol. The monoisotopic (exact) mass is 639 g/mol. The summed E-state index contributed by atoms with van der Waals surface area (Å²) in [4.78, 5) is 2.45. The lowest BCUT2D eigenvalue weighted by molar-refractivity contribution is 0.647. The molecular weight excluding hydrogens is 603 g/mol. The first kappa shape index (κ1) is 29.9. The van der Waals surface area contributed by atoms with E-state index in [4.69, 9.17) is 0 Å². The van der Waals surface area contributed by atoms with Crippen LogP contribution in [0.1, 0.15) is 25.0 Å². The molecule has 0 radical (unpaired) electrons. The molecule has 0 atom stereocenters. The van der Waals surface area contributed by atoms with Gasteiger partial charge < -0.3 is 4.90 Å². The maximum Gasteiger partial charge on any atom is 0.0546 e. The van der Waals surface area contributed by atoms with Crippen molar-refractivity contribution in [2.45, 2.75) is 19.3 Å². The third kappa shape index (κ3) is 4.94. The Hall–Kier alpha value is -6.18. The van der Waals surface area contributed by atoms with E-state index in [-0.39, 0.29) is 5.41 Å². The molecule has 8 aromatic carbocycles. The molecule has 0 N–H and O–H groups in total. The van der Waals surface area contributed by atoms with Gasteiger partial charge in [-0.15, -0.1) is 0 Å². The van der Waals surface area contributed by atoms with Gasteiger partial charge in [0.2, 0.25) is 0 Å². The third-order valence-corrected chi connectivity index (χ3v) is 10.4. The van der Waals surface area contributed by atoms with Gasteiger partial charge in [0.25, 0.3) is 0 Å². The maximum absolute atomic E-state index is 2.45. The van der Waals surface area contributed by atoms with Crippen molar-refractivity contribution in [2.75, 3.05) is 4.90 Å². The predicted octanol–water partition coefficient (Wildman–Crippen LogP) is 13.6. The number of benzene rings is 8. The largest absolute Gasteiger partial charge is 0.310 e. The summed E-state index contributed by atoms with van der Waals surface area (Å²) in [6.45, 7) is 4.79. The Morgan fingerprint density at radius 2 is 0.860 bits per heavy atom. The summed E-state index contributed by atoms with van der Waals surface area (Å²) in [5, 5.41) is 2.60. The van der Waals surface area contributed by atoms with Crippen molar-refractivity contribution in [1.29, 1.82) is 0 Å². The molecule has 0 aromatic heterocycles. The first-order chi connectivity index (χ1) is 24.6. The first-order valence-corrected chi connectivity index (χ1v) is 17.4. The van der Waals surface area contributed by atoms with Crippen LogP contribution in [0.15, 0.2) is 188 Å². The SMILES string of the molecule is CC1(C)c2c(-c3ccccc3)cccc2-c2c(N(c3ccc(-c4ccccc4)cc3)c3ccc(-c4ccccc4)cc3)ccc3cccc1c23. The molecule has 0 heterocycles. The minimum absolute atomic E-state index is 0.202. The number of hydrogen-bond donors (Lipinski definition) is 0. The topological polar surface area (TPSA) is 3.24 Å². The highest BCUT2D eigenvalue weighted by Crippen LogP contribution is 2.55. The van der Waals surface area contributed by atoms with E-state index >= 15 is 0 Å². The van der Waals surface area contributed by atoms with Gasteiger partial charge in [0.05, 0.1) is 5.69 Å². The molecule has 0 aliphatic heterocycles. The fourth-order valence-corrected chi connectivity index (χ4v) is 8.07. The van der Waals surface area contributed by atoms with Gasteiger partial charge in [-0.3, -0.25) is 0 Å². The molecule has 1 aliphatic rings. The van der Waals surface area contributed by atoms with Crippen molar-refractivity contribution in [3.8, 4) is 44.5 Å². The van der Waals surface area contributed by atoms with E-state index < -0.39 is 0 Å². The molecule has 0 saturated heterocycles. The maximum atomic E-state index is 2.45. The molecule has 9 rings (SSSR count). The van der Waals surface area contributed by atoms with Crippen LogP contribution in [-0.2, 0) is 5.41 Å². The quantitative estimate of drug-likeness (QED) is 0.175. The van der Waals surface area contributed by atoms with Crippen LogP contribution in [0.3, 0.4) is 0 Å². The molecule has 0 saturated carbocycles. The second-order valence-corrected chi connectivity index (χ2v) is 13.7. The third-order valence-electron chi connectivity index (χ3n) is 10.4. The summed E-state index contributed by atoms with van der Waals surface area (Å²) in [6.07, 6.45) is 0. The molecule has 0 spiro atoms. The molecule has 1 heteroatoms. The summed E-state index contributed by atoms with van der Waals surface area (Å²) in [6, 6.07) is 68.5. The Kier molecular flexibility index (Phi) is 7.21. The minimum Gasteiger partial charge on any atom is -0.310 e. The highest BCUT2D eigenvalue weighted by Gasteiger charge is 2.37. The standard InChI is InChI=1S/C49H37N/c1-49(2)44-23-12-20-39-28-33-45(47(46(39)44)43-22-13-21-42(48(43)49)38-18-10-5-11-19-38)50(40-29-24-36(25-30-40)34-14-6-3-7-15-34)41-31-26-37(27-32-41)35-16-8-4-9-17-35/h3-33H,1-2H3. The molecule has 0 unspecified atom stereocenters. The zero-order chi connectivity index (χ0) is 33.7. The van der Waals surface area contributed by atoms with Crippen LogP contribution in [0.4, 0.5) is 17.1 Å². The number of nitrogens with zero attached hydrogens (tertiary/aromatic N) is 1. The Bertz CT molecular complexity index is 2380. The van der Waals surface area contributed by atoms with Gasteiger partial charge in [0.15, 0.2) is 0 Å². The van der Waals surface area contributed by atoms with Gasteiger partial charge in [0, 0.05) is 22.4 Å². The van der Waals surface area contributed by atoms with Crippen LogP contribution >= 0.6 is 0 Å². The molecule has 238 valence electrons. The van der Waals surface area contributed by atoms with Crippen LogP contribution in [0, 0.1) is 0 Å². The van der Waals surface area contributed by atoms with Gasteiger partial charge in [0.1, 0.15) is 0 Å². The summed E-state index contributed by atoms with van der Waals surface area (Å²) in [5.74, 6) is 0. The summed E-state index contributed by atoms with van der Waals surface area (Å²) < 4.78 is 0. The van der Waals surface area contributed by atoms with E-state index in [1.165, 1.54) is 72.1 Å². The van der Waals surface area contributed by atoms with Crippen molar-refractivity contribution < 1.29 is 0 Å². The van der Waals surface area contributed by atoms with Gasteiger partial charge in [-0.2, -0.15) is 0 Å². The first-order valence-electron chi connectivity index (χ1n) is 17.4. The van der Waals surface area contributed by atoms with E-state index in [0.717, 1.165) is 11.4 Å². The van der Waals surface area contributed by atoms with Crippen LogP contribution in [0.2, 0.25) is 0 Å². The van der Waals surface area contributed by atoms with Gasteiger partial charge >= 0.3 is 0 Å². The summed E-state index contributed by atoms with van der Waals surface area (Å²) in [7, 11) is 0. The molecule has 50 heavy (non-hydrogen) atoms. The summed E-state index contributed by atoms with van der Waals surface area (Å²) >= 11 is 0. The van der Waals surface area contributed by atoms with Gasteiger partial charge in [-0.05, 0) is 91.2 Å². The lowest BCUT2D eigenvalue weighted by Gasteiger charge is -2.39. The Morgan fingerprint density at radius 3 is 1.42 bits per heavy atom. The molecule has 1 nitrogen and oxygen atoms in total. The fraction of sp³-hybridized carbons (Fsp3) is 0.0612. The molecule has 1 aliphatic carbocycles. The second-order valence-electron chi connectivity index (χ2n) is 13.7. The molecular formula is C49H37N. The lowest BCUT2D eigenvalue weighted by atomic mass is 9.66. The number of fused-ring (bicyclic) bond motifs is 2. The Labute approximate surface area is 294 Å². The van der Waals surface area contributed by atoms with Crippen molar-refractivity contribution in [2.24, 2.45) is 0 Å². The van der Waals surface area contributed by atoms with E-state index in [2.05, 4.69) is 207 Å². The average Bonchev–Trinajstić information content (AvgIpc) is 3.18.